The summed E-state index contributed by atoms with van der Waals surface area (Å²) in [6.45, 7) is 3.43. The van der Waals surface area contributed by atoms with Crippen LogP contribution in [0.1, 0.15) is 38.3 Å². The van der Waals surface area contributed by atoms with Crippen molar-refractivity contribution in [2.45, 2.75) is 44.9 Å². The van der Waals surface area contributed by atoms with Gasteiger partial charge in [0.25, 0.3) is 5.91 Å². The summed E-state index contributed by atoms with van der Waals surface area (Å²) in [5.74, 6) is -0.259. The highest BCUT2D eigenvalue weighted by Crippen LogP contribution is 2.26. The van der Waals surface area contributed by atoms with Gasteiger partial charge in [0, 0.05) is 23.7 Å². The van der Waals surface area contributed by atoms with Crippen LogP contribution >= 0.6 is 0 Å². The van der Waals surface area contributed by atoms with E-state index in [4.69, 9.17) is 10.5 Å². The Morgan fingerprint density at radius 3 is 2.74 bits per heavy atom. The first-order valence-corrected chi connectivity index (χ1v) is 6.49. The summed E-state index contributed by atoms with van der Waals surface area (Å²) in [5, 5.41) is 2.85. The first-order valence-electron chi connectivity index (χ1n) is 6.49. The van der Waals surface area contributed by atoms with Crippen LogP contribution in [0.2, 0.25) is 0 Å². The number of halogens is 1. The zero-order chi connectivity index (χ0) is 14.0. The number of carbonyl (C=O) groups excluding carboxylic acids is 1. The quantitative estimate of drug-likeness (QED) is 0.855. The summed E-state index contributed by atoms with van der Waals surface area (Å²) in [7, 11) is 0. The van der Waals surface area contributed by atoms with Gasteiger partial charge in [0.2, 0.25) is 0 Å². The molecule has 0 radical (unpaired) electrons. The van der Waals surface area contributed by atoms with Crippen molar-refractivity contribution in [3.05, 3.63) is 29.6 Å². The molecule has 0 aromatic heterocycles. The summed E-state index contributed by atoms with van der Waals surface area (Å²) >= 11 is 0. The first kappa shape index (κ1) is 13.8. The SMILES string of the molecule is CC(Oc1cc(F)ccc1C(C)N)C(=O)NC1CC1. The highest BCUT2D eigenvalue weighted by molar-refractivity contribution is 5.81. The Morgan fingerprint density at radius 1 is 1.47 bits per heavy atom. The molecule has 1 aliphatic carbocycles. The number of nitrogens with one attached hydrogen (secondary N) is 1. The second-order valence-electron chi connectivity index (χ2n) is 5.01. The van der Waals surface area contributed by atoms with Gasteiger partial charge in [-0.25, -0.2) is 4.39 Å². The molecule has 1 aliphatic rings. The van der Waals surface area contributed by atoms with Crippen LogP contribution in [0.4, 0.5) is 4.39 Å². The monoisotopic (exact) mass is 266 g/mol. The van der Waals surface area contributed by atoms with Crippen molar-refractivity contribution >= 4 is 5.91 Å². The molecule has 5 heteroatoms. The minimum absolute atomic E-state index is 0.178. The highest BCUT2D eigenvalue weighted by Gasteiger charge is 2.26. The molecule has 1 amide bonds. The van der Waals surface area contributed by atoms with Gasteiger partial charge >= 0.3 is 0 Å². The molecule has 4 nitrogen and oxygen atoms in total. The highest BCUT2D eigenvalue weighted by atomic mass is 19.1. The molecule has 0 bridgehead atoms. The van der Waals surface area contributed by atoms with Gasteiger partial charge < -0.3 is 15.8 Å². The maximum atomic E-state index is 13.3. The molecule has 0 spiro atoms. The summed E-state index contributed by atoms with van der Waals surface area (Å²) in [6.07, 6.45) is 1.37. The van der Waals surface area contributed by atoms with Crippen LogP contribution in [-0.2, 0) is 4.79 Å². The lowest BCUT2D eigenvalue weighted by Crippen LogP contribution is -2.37. The van der Waals surface area contributed by atoms with E-state index in [9.17, 15) is 9.18 Å². The Kier molecular flexibility index (Phi) is 4.04. The van der Waals surface area contributed by atoms with Crippen molar-refractivity contribution in [3.63, 3.8) is 0 Å². The maximum Gasteiger partial charge on any atom is 0.260 e. The largest absolute Gasteiger partial charge is 0.480 e. The molecule has 0 aliphatic heterocycles. The van der Waals surface area contributed by atoms with Crippen LogP contribution in [0.15, 0.2) is 18.2 Å². The lowest BCUT2D eigenvalue weighted by Gasteiger charge is -2.18. The molecule has 1 fully saturated rings. The molecular weight excluding hydrogens is 247 g/mol. The third-order valence-electron chi connectivity index (χ3n) is 3.06. The number of rotatable bonds is 5. The smallest absolute Gasteiger partial charge is 0.260 e. The lowest BCUT2D eigenvalue weighted by atomic mass is 10.1. The van der Waals surface area contributed by atoms with Crippen molar-refractivity contribution in [1.29, 1.82) is 0 Å². The maximum absolute atomic E-state index is 13.3. The standard InChI is InChI=1S/C14H19FN2O2/c1-8(16)12-6-3-10(15)7-13(12)19-9(2)14(18)17-11-4-5-11/h3,6-9,11H,4-5,16H2,1-2H3,(H,17,18). The van der Waals surface area contributed by atoms with Crippen LogP contribution in [0.5, 0.6) is 5.75 Å². The zero-order valence-corrected chi connectivity index (χ0v) is 11.2. The van der Waals surface area contributed by atoms with Crippen LogP contribution < -0.4 is 15.8 Å². The van der Waals surface area contributed by atoms with Gasteiger partial charge in [-0.3, -0.25) is 4.79 Å². The zero-order valence-electron chi connectivity index (χ0n) is 11.2. The van der Waals surface area contributed by atoms with E-state index < -0.39 is 11.9 Å². The average molecular weight is 266 g/mol. The molecule has 0 heterocycles. The van der Waals surface area contributed by atoms with Crippen molar-refractivity contribution in [1.82, 2.24) is 5.32 Å². The molecule has 104 valence electrons. The van der Waals surface area contributed by atoms with Crippen LogP contribution in [0.25, 0.3) is 0 Å². The number of amides is 1. The van der Waals surface area contributed by atoms with Gasteiger partial charge in [0.1, 0.15) is 11.6 Å². The molecular formula is C14H19FN2O2. The normalized spacial score (nSPS) is 17.7. The van der Waals surface area contributed by atoms with Crippen molar-refractivity contribution in [2.24, 2.45) is 5.73 Å². The van der Waals surface area contributed by atoms with E-state index >= 15 is 0 Å². The Hall–Kier alpha value is -1.62. The van der Waals surface area contributed by atoms with Crippen molar-refractivity contribution < 1.29 is 13.9 Å². The van der Waals surface area contributed by atoms with Gasteiger partial charge in [-0.2, -0.15) is 0 Å². The Bertz CT molecular complexity index is 473. The Morgan fingerprint density at radius 2 is 2.16 bits per heavy atom. The predicted octanol–water partition coefficient (Wildman–Crippen LogP) is 1.89. The van der Waals surface area contributed by atoms with Gasteiger partial charge in [0.05, 0.1) is 0 Å². The van der Waals surface area contributed by atoms with Crippen molar-refractivity contribution in [2.75, 3.05) is 0 Å². The number of benzene rings is 1. The molecule has 3 N–H and O–H groups in total. The van der Waals surface area contributed by atoms with E-state index in [1.165, 1.54) is 12.1 Å². The Labute approximate surface area is 112 Å². The summed E-state index contributed by atoms with van der Waals surface area (Å²) in [4.78, 5) is 11.8. The van der Waals surface area contributed by atoms with Gasteiger partial charge in [0.15, 0.2) is 6.10 Å². The molecule has 19 heavy (non-hydrogen) atoms. The van der Waals surface area contributed by atoms with E-state index in [1.54, 1.807) is 19.9 Å². The number of hydrogen-bond acceptors (Lipinski definition) is 3. The van der Waals surface area contributed by atoms with E-state index in [-0.39, 0.29) is 18.0 Å². The van der Waals surface area contributed by atoms with E-state index in [2.05, 4.69) is 5.32 Å². The molecule has 2 atom stereocenters. The third-order valence-corrected chi connectivity index (χ3v) is 3.06. The molecule has 0 saturated heterocycles. The number of ether oxygens (including phenoxy) is 1. The molecule has 2 unspecified atom stereocenters. The lowest BCUT2D eigenvalue weighted by molar-refractivity contribution is -0.127. The van der Waals surface area contributed by atoms with Gasteiger partial charge in [-0.15, -0.1) is 0 Å². The summed E-state index contributed by atoms with van der Waals surface area (Å²) < 4.78 is 18.8. The number of carbonyl (C=O) groups is 1. The minimum Gasteiger partial charge on any atom is -0.480 e. The fraction of sp³-hybridized carbons (Fsp3) is 0.500. The molecule has 2 rings (SSSR count). The van der Waals surface area contributed by atoms with Crippen LogP contribution in [0, 0.1) is 5.82 Å². The average Bonchev–Trinajstić information content (AvgIpc) is 3.12. The first-order chi connectivity index (χ1) is 8.97. The predicted molar refractivity (Wildman–Crippen MR) is 70.3 cm³/mol. The van der Waals surface area contributed by atoms with Crippen molar-refractivity contribution in [3.8, 4) is 5.75 Å². The number of nitrogens with two attached hydrogens (primary N) is 1. The fourth-order valence-corrected chi connectivity index (χ4v) is 1.78. The topological polar surface area (TPSA) is 64.3 Å². The Balaban J connectivity index is 2.07. The van der Waals surface area contributed by atoms with E-state index in [1.807, 2.05) is 0 Å². The second kappa shape index (κ2) is 5.57. The minimum atomic E-state index is -0.667. The van der Waals surface area contributed by atoms with Gasteiger partial charge in [-0.1, -0.05) is 6.07 Å². The van der Waals surface area contributed by atoms with Crippen LogP contribution in [0.3, 0.4) is 0 Å². The summed E-state index contributed by atoms with van der Waals surface area (Å²) in [5.41, 5.74) is 6.49. The third kappa shape index (κ3) is 3.67. The fourth-order valence-electron chi connectivity index (χ4n) is 1.78. The second-order valence-corrected chi connectivity index (χ2v) is 5.01. The van der Waals surface area contributed by atoms with Gasteiger partial charge in [-0.05, 0) is 32.8 Å². The molecule has 1 aromatic carbocycles. The summed E-state index contributed by atoms with van der Waals surface area (Å²) in [6, 6.07) is 4.18. The molecule has 1 aromatic rings. The molecule has 1 saturated carbocycles. The van der Waals surface area contributed by atoms with E-state index in [0.717, 1.165) is 12.8 Å². The number of hydrogen-bond donors (Lipinski definition) is 2. The van der Waals surface area contributed by atoms with E-state index in [0.29, 0.717) is 11.3 Å². The van der Waals surface area contributed by atoms with Crippen LogP contribution in [-0.4, -0.2) is 18.1 Å².